The van der Waals surface area contributed by atoms with E-state index in [-0.39, 0.29) is 18.8 Å². The number of hydrogen-bond acceptors (Lipinski definition) is 3. The maximum atomic E-state index is 12.7. The van der Waals surface area contributed by atoms with Crippen LogP contribution in [0.15, 0.2) is 30.3 Å². The average Bonchev–Trinajstić information content (AvgIpc) is 2.55. The summed E-state index contributed by atoms with van der Waals surface area (Å²) in [7, 11) is 0. The molecule has 1 saturated carbocycles. The molecular weight excluding hydrogens is 302 g/mol. The summed E-state index contributed by atoms with van der Waals surface area (Å²) in [6, 6.07) is 9.60. The number of amides is 1. The molecule has 0 aliphatic heterocycles. The molecule has 0 bridgehead atoms. The van der Waals surface area contributed by atoms with Crippen molar-refractivity contribution in [3.05, 3.63) is 35.9 Å². The first-order valence-electron chi connectivity index (χ1n) is 8.84. The molecule has 4 heteroatoms. The first kappa shape index (κ1) is 20.2. The fraction of sp³-hybridized carbons (Fsp3) is 0.600. The van der Waals surface area contributed by atoms with E-state index in [1.54, 1.807) is 6.92 Å². The van der Waals surface area contributed by atoms with Gasteiger partial charge in [0.1, 0.15) is 5.41 Å². The van der Waals surface area contributed by atoms with Gasteiger partial charge in [-0.25, -0.2) is 0 Å². The molecule has 24 heavy (non-hydrogen) atoms. The van der Waals surface area contributed by atoms with E-state index in [1.165, 1.54) is 0 Å². The summed E-state index contributed by atoms with van der Waals surface area (Å²) in [5.41, 5.74) is -0.00346. The highest BCUT2D eigenvalue weighted by atomic mass is 16.5. The molecule has 1 atom stereocenters. The Morgan fingerprint density at radius 3 is 2.21 bits per heavy atom. The summed E-state index contributed by atoms with van der Waals surface area (Å²) in [6.45, 7) is 12.1. The number of carbonyl (C=O) groups excluding carboxylic acids is 2. The van der Waals surface area contributed by atoms with E-state index < -0.39 is 11.4 Å². The van der Waals surface area contributed by atoms with Gasteiger partial charge in [-0.2, -0.15) is 0 Å². The third-order valence-corrected chi connectivity index (χ3v) is 4.31. The standard InChI is InChI=1S/C18H25NO3.C2H6.H2/c1-5-22-16(21)18(11-17(3,4)12-18)15(20)19-13(2)14-9-7-6-8-10-14;1-2;/h6-10,13H,5,11-12H2,1-4H3,(H,19,20);1-2H3;1H/t13-;;/m1../s1. The fourth-order valence-electron chi connectivity index (χ4n) is 3.41. The first-order valence-corrected chi connectivity index (χ1v) is 8.84. The normalized spacial score (nSPS) is 18.2. The lowest BCUT2D eigenvalue weighted by Gasteiger charge is -2.49. The minimum Gasteiger partial charge on any atom is -0.465 e. The van der Waals surface area contributed by atoms with Crippen molar-refractivity contribution < 1.29 is 15.8 Å². The third kappa shape index (κ3) is 4.37. The molecule has 1 fully saturated rings. The topological polar surface area (TPSA) is 55.4 Å². The predicted octanol–water partition coefficient (Wildman–Crippen LogP) is 4.51. The Morgan fingerprint density at radius 1 is 1.21 bits per heavy atom. The molecule has 0 radical (unpaired) electrons. The molecule has 1 amide bonds. The minimum absolute atomic E-state index is 0. The minimum atomic E-state index is -1.03. The van der Waals surface area contributed by atoms with Gasteiger partial charge in [-0.1, -0.05) is 58.0 Å². The van der Waals surface area contributed by atoms with Crippen LogP contribution >= 0.6 is 0 Å². The maximum absolute atomic E-state index is 12.7. The van der Waals surface area contributed by atoms with Crippen LogP contribution in [0.2, 0.25) is 0 Å². The monoisotopic (exact) mass is 335 g/mol. The first-order chi connectivity index (χ1) is 11.3. The molecule has 0 unspecified atom stereocenters. The van der Waals surface area contributed by atoms with E-state index >= 15 is 0 Å². The van der Waals surface area contributed by atoms with Gasteiger partial charge in [-0.15, -0.1) is 0 Å². The second kappa shape index (κ2) is 8.32. The number of hydrogen-bond donors (Lipinski definition) is 1. The van der Waals surface area contributed by atoms with Crippen molar-refractivity contribution in [2.45, 2.75) is 60.4 Å². The number of carbonyl (C=O) groups is 2. The van der Waals surface area contributed by atoms with Crippen LogP contribution in [0.4, 0.5) is 0 Å². The number of rotatable bonds is 5. The Hall–Kier alpha value is -1.84. The van der Waals surface area contributed by atoms with Gasteiger partial charge >= 0.3 is 5.97 Å². The molecule has 1 N–H and O–H groups in total. The molecule has 0 saturated heterocycles. The summed E-state index contributed by atoms with van der Waals surface area (Å²) in [6.07, 6.45) is 1.07. The predicted molar refractivity (Wildman–Crippen MR) is 98.5 cm³/mol. The van der Waals surface area contributed by atoms with Gasteiger partial charge in [0.25, 0.3) is 0 Å². The summed E-state index contributed by atoms with van der Waals surface area (Å²) in [4.78, 5) is 25.0. The van der Waals surface area contributed by atoms with E-state index in [9.17, 15) is 9.59 Å². The maximum Gasteiger partial charge on any atom is 0.321 e. The molecular formula is C20H33NO3. The summed E-state index contributed by atoms with van der Waals surface area (Å²) in [5.74, 6) is -0.617. The van der Waals surface area contributed by atoms with Gasteiger partial charge < -0.3 is 10.1 Å². The van der Waals surface area contributed by atoms with Crippen LogP contribution in [-0.4, -0.2) is 18.5 Å². The second-order valence-electron chi connectivity index (χ2n) is 6.93. The quantitative estimate of drug-likeness (QED) is 0.636. The Labute approximate surface area is 147 Å². The molecule has 4 nitrogen and oxygen atoms in total. The lowest BCUT2D eigenvalue weighted by atomic mass is 9.54. The summed E-state index contributed by atoms with van der Waals surface area (Å²) >= 11 is 0. The molecule has 136 valence electrons. The summed E-state index contributed by atoms with van der Waals surface area (Å²) in [5, 5.41) is 2.98. The molecule has 1 aromatic carbocycles. The smallest absolute Gasteiger partial charge is 0.321 e. The highest BCUT2D eigenvalue weighted by molar-refractivity contribution is 6.04. The Balaban J connectivity index is 0.00000185. The van der Waals surface area contributed by atoms with E-state index in [0.29, 0.717) is 19.4 Å². The highest BCUT2D eigenvalue weighted by Gasteiger charge is 2.60. The van der Waals surface area contributed by atoms with Crippen LogP contribution < -0.4 is 5.32 Å². The zero-order valence-corrected chi connectivity index (χ0v) is 15.8. The molecule has 1 aliphatic carbocycles. The third-order valence-electron chi connectivity index (χ3n) is 4.31. The zero-order chi connectivity index (χ0) is 18.4. The number of esters is 1. The number of nitrogens with one attached hydrogen (secondary N) is 1. The van der Waals surface area contributed by atoms with E-state index in [0.717, 1.165) is 5.56 Å². The van der Waals surface area contributed by atoms with Crippen molar-refractivity contribution in [1.82, 2.24) is 5.32 Å². The molecule has 1 aliphatic rings. The van der Waals surface area contributed by atoms with Crippen LogP contribution in [-0.2, 0) is 14.3 Å². The van der Waals surface area contributed by atoms with E-state index in [2.05, 4.69) is 19.2 Å². The van der Waals surface area contributed by atoms with Crippen molar-refractivity contribution in [3.63, 3.8) is 0 Å². The number of benzene rings is 1. The SMILES string of the molecule is CC.CCOC(=O)C1(C(=O)N[C@H](C)c2ccccc2)CC(C)(C)C1.[HH]. The summed E-state index contributed by atoms with van der Waals surface area (Å²) < 4.78 is 5.15. The van der Waals surface area contributed by atoms with Gasteiger partial charge in [0.05, 0.1) is 12.6 Å². The lowest BCUT2D eigenvalue weighted by Crippen LogP contribution is -2.58. The molecule has 2 rings (SSSR count). The Bertz CT molecular complexity index is 549. The van der Waals surface area contributed by atoms with Gasteiger partial charge in [0, 0.05) is 1.43 Å². The zero-order valence-electron chi connectivity index (χ0n) is 15.8. The van der Waals surface area contributed by atoms with Gasteiger partial charge in [-0.3, -0.25) is 9.59 Å². The van der Waals surface area contributed by atoms with E-state index in [1.807, 2.05) is 51.1 Å². The van der Waals surface area contributed by atoms with Gasteiger partial charge in [0.2, 0.25) is 5.91 Å². The van der Waals surface area contributed by atoms with Crippen molar-refractivity contribution in [1.29, 1.82) is 0 Å². The Kier molecular flexibility index (Phi) is 7.00. The van der Waals surface area contributed by atoms with Crippen molar-refractivity contribution in [2.75, 3.05) is 6.61 Å². The van der Waals surface area contributed by atoms with Crippen LogP contribution in [0.1, 0.15) is 67.4 Å². The van der Waals surface area contributed by atoms with Crippen LogP contribution in [0.3, 0.4) is 0 Å². The Morgan fingerprint density at radius 2 is 1.75 bits per heavy atom. The van der Waals surface area contributed by atoms with Gasteiger partial charge in [0.15, 0.2) is 0 Å². The van der Waals surface area contributed by atoms with Gasteiger partial charge in [-0.05, 0) is 37.7 Å². The van der Waals surface area contributed by atoms with Crippen LogP contribution in [0, 0.1) is 10.8 Å². The van der Waals surface area contributed by atoms with Crippen molar-refractivity contribution >= 4 is 11.9 Å². The average molecular weight is 335 g/mol. The van der Waals surface area contributed by atoms with Crippen molar-refractivity contribution in [2.24, 2.45) is 10.8 Å². The fourth-order valence-corrected chi connectivity index (χ4v) is 3.41. The van der Waals surface area contributed by atoms with Crippen LogP contribution in [0.25, 0.3) is 0 Å². The molecule has 0 spiro atoms. The largest absolute Gasteiger partial charge is 0.465 e. The lowest BCUT2D eigenvalue weighted by molar-refractivity contribution is -0.176. The van der Waals surface area contributed by atoms with Crippen molar-refractivity contribution in [3.8, 4) is 0 Å². The molecule has 0 heterocycles. The molecule has 0 aromatic heterocycles. The second-order valence-corrected chi connectivity index (χ2v) is 6.93. The molecule has 1 aromatic rings. The van der Waals surface area contributed by atoms with Crippen LogP contribution in [0.5, 0.6) is 0 Å². The van der Waals surface area contributed by atoms with E-state index in [4.69, 9.17) is 4.74 Å². The highest BCUT2D eigenvalue weighted by Crippen LogP contribution is 2.55. The number of ether oxygens (including phenoxy) is 1.